The summed E-state index contributed by atoms with van der Waals surface area (Å²) in [4.78, 5) is 17.7. The number of aromatic nitrogens is 2. The van der Waals surface area contributed by atoms with E-state index in [2.05, 4.69) is 10.1 Å². The molecule has 0 saturated carbocycles. The van der Waals surface area contributed by atoms with Crippen LogP contribution in [-0.4, -0.2) is 28.8 Å². The number of amides is 1. The van der Waals surface area contributed by atoms with Gasteiger partial charge in [-0.1, -0.05) is 42.8 Å². The number of carbonyl (C=O) groups excluding carboxylic acids is 1. The first-order chi connectivity index (χ1) is 16.0. The van der Waals surface area contributed by atoms with Gasteiger partial charge >= 0.3 is 6.18 Å². The van der Waals surface area contributed by atoms with Gasteiger partial charge in [-0.2, -0.15) is 18.2 Å². The lowest BCUT2D eigenvalue weighted by Gasteiger charge is -2.23. The molecule has 11 heteroatoms. The number of sulfonamides is 1. The molecule has 7 nitrogen and oxygen atoms in total. The standard InChI is InChI=1S/C23H22F3N3O4S/c1-3-4-11-19-27-20(33-28-19)13-18-17-10-5-7-14(2)21(17)34(31,32)29(18)22(30)15-8-6-9-16(12-15)23(24,25)26/h5-10,12,18H,3-4,11,13H2,1-2H3. The zero-order chi connectivity index (χ0) is 24.7. The van der Waals surface area contributed by atoms with E-state index in [1.807, 2.05) is 6.92 Å². The van der Waals surface area contributed by atoms with Gasteiger partial charge in [0.1, 0.15) is 0 Å². The number of benzene rings is 2. The molecule has 1 amide bonds. The van der Waals surface area contributed by atoms with Crippen LogP contribution in [0.25, 0.3) is 0 Å². The molecule has 2 aromatic carbocycles. The van der Waals surface area contributed by atoms with E-state index in [0.717, 1.165) is 31.0 Å². The summed E-state index contributed by atoms with van der Waals surface area (Å²) in [5.41, 5.74) is -0.648. The third-order valence-corrected chi connectivity index (χ3v) is 7.68. The number of halogens is 3. The second-order valence-electron chi connectivity index (χ2n) is 8.11. The van der Waals surface area contributed by atoms with E-state index in [0.29, 0.717) is 33.7 Å². The summed E-state index contributed by atoms with van der Waals surface area (Å²) in [6.07, 6.45) is -2.42. The van der Waals surface area contributed by atoms with Gasteiger partial charge in [0, 0.05) is 12.0 Å². The summed E-state index contributed by atoms with van der Waals surface area (Å²) in [6, 6.07) is 7.51. The highest BCUT2D eigenvalue weighted by atomic mass is 32.2. The summed E-state index contributed by atoms with van der Waals surface area (Å²) in [6.45, 7) is 3.61. The number of alkyl halides is 3. The van der Waals surface area contributed by atoms with Crippen molar-refractivity contribution in [2.75, 3.05) is 0 Å². The second kappa shape index (κ2) is 8.86. The summed E-state index contributed by atoms with van der Waals surface area (Å²) in [5.74, 6) is -0.446. The van der Waals surface area contributed by atoms with Gasteiger partial charge in [-0.15, -0.1) is 0 Å². The molecule has 0 saturated heterocycles. The smallest absolute Gasteiger partial charge is 0.339 e. The molecular weight excluding hydrogens is 471 g/mol. The van der Waals surface area contributed by atoms with Gasteiger partial charge in [-0.05, 0) is 42.7 Å². The van der Waals surface area contributed by atoms with Gasteiger partial charge in [0.25, 0.3) is 15.9 Å². The maximum absolute atomic E-state index is 13.5. The van der Waals surface area contributed by atoms with Crippen molar-refractivity contribution < 1.29 is 30.9 Å². The molecule has 0 spiro atoms. The third-order valence-electron chi connectivity index (χ3n) is 5.67. The number of rotatable bonds is 6. The van der Waals surface area contributed by atoms with E-state index < -0.39 is 33.7 Å². The molecule has 1 unspecified atom stereocenters. The van der Waals surface area contributed by atoms with E-state index in [4.69, 9.17) is 4.52 Å². The van der Waals surface area contributed by atoms with Crippen molar-refractivity contribution in [1.82, 2.24) is 14.4 Å². The van der Waals surface area contributed by atoms with Gasteiger partial charge in [0.05, 0.1) is 22.9 Å². The quantitative estimate of drug-likeness (QED) is 0.487. The molecule has 4 rings (SSSR count). The van der Waals surface area contributed by atoms with Crippen molar-refractivity contribution in [1.29, 1.82) is 0 Å². The van der Waals surface area contributed by atoms with Crippen LogP contribution in [0, 0.1) is 6.92 Å². The fourth-order valence-corrected chi connectivity index (χ4v) is 6.08. The SMILES string of the molecule is CCCCc1noc(CC2c3cccc(C)c3S(=O)(=O)N2C(=O)c2cccc(C(F)(F)F)c2)n1. The number of hydrogen-bond donors (Lipinski definition) is 0. The van der Waals surface area contributed by atoms with Crippen LogP contribution in [0.3, 0.4) is 0 Å². The highest BCUT2D eigenvalue weighted by Gasteiger charge is 2.47. The fourth-order valence-electron chi connectivity index (χ4n) is 4.06. The molecule has 0 bridgehead atoms. The first-order valence-electron chi connectivity index (χ1n) is 10.7. The number of fused-ring (bicyclic) bond motifs is 1. The molecule has 0 N–H and O–H groups in total. The fraction of sp³-hybridized carbons (Fsp3) is 0.348. The average molecular weight is 494 g/mol. The monoisotopic (exact) mass is 493 g/mol. The van der Waals surface area contributed by atoms with Gasteiger partial charge in [-0.25, -0.2) is 12.7 Å². The predicted molar refractivity (Wildman–Crippen MR) is 115 cm³/mol. The van der Waals surface area contributed by atoms with Crippen LogP contribution >= 0.6 is 0 Å². The van der Waals surface area contributed by atoms with E-state index in [9.17, 15) is 26.4 Å². The highest BCUT2D eigenvalue weighted by molar-refractivity contribution is 7.90. The third kappa shape index (κ3) is 4.31. The van der Waals surface area contributed by atoms with Gasteiger partial charge in [0.15, 0.2) is 5.82 Å². The summed E-state index contributed by atoms with van der Waals surface area (Å²) in [7, 11) is -4.34. The Morgan fingerprint density at radius 2 is 1.91 bits per heavy atom. The van der Waals surface area contributed by atoms with Crippen LogP contribution in [-0.2, 0) is 29.0 Å². The molecule has 0 radical (unpaired) electrons. The zero-order valence-electron chi connectivity index (χ0n) is 18.5. The summed E-state index contributed by atoms with van der Waals surface area (Å²) in [5, 5.41) is 3.91. The zero-order valence-corrected chi connectivity index (χ0v) is 19.3. The lowest BCUT2D eigenvalue weighted by Crippen LogP contribution is -2.36. The molecule has 0 aliphatic carbocycles. The molecule has 1 aromatic heterocycles. The van der Waals surface area contributed by atoms with Crippen molar-refractivity contribution >= 4 is 15.9 Å². The van der Waals surface area contributed by atoms with Crippen molar-refractivity contribution in [3.63, 3.8) is 0 Å². The molecule has 1 aliphatic rings. The molecule has 34 heavy (non-hydrogen) atoms. The lowest BCUT2D eigenvalue weighted by molar-refractivity contribution is -0.137. The van der Waals surface area contributed by atoms with Crippen LogP contribution in [0.5, 0.6) is 0 Å². The second-order valence-corrected chi connectivity index (χ2v) is 9.86. The normalized spacial score (nSPS) is 17.1. The first-order valence-corrected chi connectivity index (χ1v) is 12.1. The average Bonchev–Trinajstić information content (AvgIpc) is 3.32. The van der Waals surface area contributed by atoms with E-state index in [-0.39, 0.29) is 22.8 Å². The van der Waals surface area contributed by atoms with Crippen molar-refractivity contribution in [2.45, 2.75) is 56.6 Å². The topological polar surface area (TPSA) is 93.4 Å². The Labute approximate surface area is 194 Å². The molecule has 2 heterocycles. The summed E-state index contributed by atoms with van der Waals surface area (Å²) < 4.78 is 72.5. The predicted octanol–water partition coefficient (Wildman–Crippen LogP) is 4.87. The van der Waals surface area contributed by atoms with Gasteiger partial charge < -0.3 is 4.52 Å². The number of hydrogen-bond acceptors (Lipinski definition) is 6. The Bertz CT molecular complexity index is 1340. The van der Waals surface area contributed by atoms with Crippen LogP contribution < -0.4 is 0 Å². The van der Waals surface area contributed by atoms with E-state index in [1.54, 1.807) is 25.1 Å². The maximum Gasteiger partial charge on any atom is 0.416 e. The minimum Gasteiger partial charge on any atom is -0.339 e. The minimum atomic E-state index is -4.68. The van der Waals surface area contributed by atoms with Gasteiger partial charge in [0.2, 0.25) is 5.89 Å². The first kappa shape index (κ1) is 23.9. The van der Waals surface area contributed by atoms with Gasteiger partial charge in [-0.3, -0.25) is 4.79 Å². The van der Waals surface area contributed by atoms with E-state index in [1.165, 1.54) is 0 Å². The van der Waals surface area contributed by atoms with Crippen molar-refractivity contribution in [3.05, 3.63) is 76.4 Å². The Hall–Kier alpha value is -3.21. The maximum atomic E-state index is 13.5. The Balaban J connectivity index is 1.77. The minimum absolute atomic E-state index is 0.0361. The molecule has 0 fully saturated rings. The van der Waals surface area contributed by atoms with Crippen LogP contribution in [0.2, 0.25) is 0 Å². The number of carbonyl (C=O) groups is 1. The van der Waals surface area contributed by atoms with Crippen molar-refractivity contribution in [2.24, 2.45) is 0 Å². The lowest BCUT2D eigenvalue weighted by atomic mass is 10.0. The Morgan fingerprint density at radius 1 is 1.18 bits per heavy atom. The Kier molecular flexibility index (Phi) is 6.24. The molecule has 1 atom stereocenters. The van der Waals surface area contributed by atoms with Crippen LogP contribution in [0.1, 0.15) is 64.6 Å². The molecule has 180 valence electrons. The molecular formula is C23H22F3N3O4S. The number of aryl methyl sites for hydroxylation is 2. The Morgan fingerprint density at radius 3 is 2.62 bits per heavy atom. The van der Waals surface area contributed by atoms with Crippen molar-refractivity contribution in [3.8, 4) is 0 Å². The molecule has 1 aliphatic heterocycles. The van der Waals surface area contributed by atoms with Crippen LogP contribution in [0.15, 0.2) is 51.9 Å². The van der Waals surface area contributed by atoms with E-state index >= 15 is 0 Å². The number of unbranched alkanes of at least 4 members (excludes halogenated alkanes) is 1. The highest BCUT2D eigenvalue weighted by Crippen LogP contribution is 2.44. The summed E-state index contributed by atoms with van der Waals surface area (Å²) >= 11 is 0. The molecule has 3 aromatic rings. The number of nitrogens with zero attached hydrogens (tertiary/aromatic N) is 3. The van der Waals surface area contributed by atoms with Crippen LogP contribution in [0.4, 0.5) is 13.2 Å². The largest absolute Gasteiger partial charge is 0.416 e.